The first-order chi connectivity index (χ1) is 17.1. The third-order valence-corrected chi connectivity index (χ3v) is 7.54. The summed E-state index contributed by atoms with van der Waals surface area (Å²) in [5.41, 5.74) is 0.935. The van der Waals surface area contributed by atoms with Gasteiger partial charge in [-0.1, -0.05) is 13.0 Å². The van der Waals surface area contributed by atoms with Crippen LogP contribution in [-0.2, 0) is 10.0 Å². The molecule has 0 spiro atoms. The summed E-state index contributed by atoms with van der Waals surface area (Å²) in [4.78, 5) is 26.9. The number of benzene rings is 1. The monoisotopic (exact) mass is 507 g/mol. The number of aromatic nitrogens is 3. The second-order valence-corrected chi connectivity index (χ2v) is 11.3. The highest BCUT2D eigenvalue weighted by molar-refractivity contribution is 7.90. The van der Waals surface area contributed by atoms with E-state index in [1.807, 2.05) is 24.4 Å². The van der Waals surface area contributed by atoms with E-state index in [1.54, 1.807) is 30.5 Å². The third-order valence-electron chi connectivity index (χ3n) is 6.31. The molecule has 1 aliphatic heterocycles. The van der Waals surface area contributed by atoms with Crippen molar-refractivity contribution >= 4 is 32.7 Å². The maximum Gasteiger partial charge on any atom is 0.281 e. The molecular weight excluding hydrogens is 478 g/mol. The molecule has 3 aromatic heterocycles. The number of amides is 1. The molecule has 0 saturated carbocycles. The molecule has 0 radical (unpaired) electrons. The van der Waals surface area contributed by atoms with Crippen molar-refractivity contribution in [3.8, 4) is 11.6 Å². The number of ether oxygens (including phenoxy) is 1. The van der Waals surface area contributed by atoms with Crippen LogP contribution in [0.3, 0.4) is 0 Å². The average Bonchev–Trinajstić information content (AvgIpc) is 3.41. The molecule has 1 fully saturated rings. The lowest BCUT2D eigenvalue weighted by Crippen LogP contribution is -2.41. The highest BCUT2D eigenvalue weighted by atomic mass is 32.2. The molecule has 0 bridgehead atoms. The summed E-state index contributed by atoms with van der Waals surface area (Å²) in [6.45, 7) is 7.05. The Bertz CT molecular complexity index is 1550. The summed E-state index contributed by atoms with van der Waals surface area (Å²) in [5.74, 6) is 0.724. The first-order valence-corrected chi connectivity index (χ1v) is 13.1. The molecule has 1 unspecified atom stereocenters. The van der Waals surface area contributed by atoms with Crippen LogP contribution in [0, 0.1) is 5.92 Å². The van der Waals surface area contributed by atoms with Gasteiger partial charge >= 0.3 is 0 Å². The number of rotatable bonds is 6. The van der Waals surface area contributed by atoms with E-state index >= 15 is 0 Å². The Labute approximate surface area is 211 Å². The Morgan fingerprint density at radius 1 is 1.19 bits per heavy atom. The van der Waals surface area contributed by atoms with Crippen molar-refractivity contribution in [2.45, 2.75) is 37.8 Å². The van der Waals surface area contributed by atoms with Crippen LogP contribution in [0.25, 0.3) is 10.9 Å². The highest BCUT2D eigenvalue weighted by Gasteiger charge is 2.39. The van der Waals surface area contributed by atoms with Crippen molar-refractivity contribution in [2.24, 2.45) is 5.92 Å². The molecule has 4 aromatic rings. The molecule has 0 aliphatic carbocycles. The van der Waals surface area contributed by atoms with Crippen LogP contribution in [-0.4, -0.2) is 41.4 Å². The molecule has 5 rings (SSSR count). The molecule has 1 amide bonds. The number of carbonyl (C=O) groups excluding carboxylic acids is 1. The van der Waals surface area contributed by atoms with Gasteiger partial charge in [-0.3, -0.25) is 4.79 Å². The minimum absolute atomic E-state index is 0. The van der Waals surface area contributed by atoms with Crippen molar-refractivity contribution in [3.63, 3.8) is 0 Å². The molecular formula is C26H29N5O4S. The van der Waals surface area contributed by atoms with Crippen LogP contribution in [0.15, 0.2) is 72.0 Å². The van der Waals surface area contributed by atoms with Gasteiger partial charge in [0.05, 0.1) is 5.56 Å². The second-order valence-electron chi connectivity index (χ2n) is 9.68. The SMILES string of the molecule is CC1CN(c2ncccc2C(=O)NS(=O)(=O)c2cccc(Oc3ccc4[nH]ccc4c3)n2)C(C)(C)C1.[HH]. The fraction of sp³-hybridized carbons (Fsp3) is 0.269. The Kier molecular flexibility index (Phi) is 5.91. The van der Waals surface area contributed by atoms with E-state index in [-0.39, 0.29) is 23.4 Å². The predicted octanol–water partition coefficient (Wildman–Crippen LogP) is 4.74. The number of hydrogen-bond acceptors (Lipinski definition) is 7. The van der Waals surface area contributed by atoms with Gasteiger partial charge in [0.25, 0.3) is 15.9 Å². The van der Waals surface area contributed by atoms with Crippen LogP contribution in [0.5, 0.6) is 11.6 Å². The van der Waals surface area contributed by atoms with E-state index in [9.17, 15) is 13.2 Å². The van der Waals surface area contributed by atoms with E-state index < -0.39 is 15.9 Å². The maximum absolute atomic E-state index is 13.2. The summed E-state index contributed by atoms with van der Waals surface area (Å²) < 4.78 is 34.1. The smallest absolute Gasteiger partial charge is 0.281 e. The largest absolute Gasteiger partial charge is 0.439 e. The highest BCUT2D eigenvalue weighted by Crippen LogP contribution is 2.37. The predicted molar refractivity (Wildman–Crippen MR) is 139 cm³/mol. The summed E-state index contributed by atoms with van der Waals surface area (Å²) in [5, 5.41) is 0.628. The quantitative estimate of drug-likeness (QED) is 0.387. The van der Waals surface area contributed by atoms with E-state index in [0.717, 1.165) is 23.9 Å². The zero-order valence-corrected chi connectivity index (χ0v) is 21.0. The van der Waals surface area contributed by atoms with Gasteiger partial charge in [0.15, 0.2) is 5.03 Å². The van der Waals surface area contributed by atoms with Crippen LogP contribution in [0.4, 0.5) is 5.82 Å². The van der Waals surface area contributed by atoms with E-state index in [4.69, 9.17) is 4.74 Å². The number of H-pyrrole nitrogens is 1. The molecule has 2 N–H and O–H groups in total. The second kappa shape index (κ2) is 8.94. The zero-order valence-electron chi connectivity index (χ0n) is 20.2. The van der Waals surface area contributed by atoms with Gasteiger partial charge in [-0.25, -0.2) is 9.71 Å². The van der Waals surface area contributed by atoms with Crippen LogP contribution < -0.4 is 14.4 Å². The van der Waals surface area contributed by atoms with Crippen LogP contribution in [0.2, 0.25) is 0 Å². The van der Waals surface area contributed by atoms with Gasteiger partial charge in [-0.15, -0.1) is 0 Å². The average molecular weight is 508 g/mol. The number of carbonyl (C=O) groups is 1. The van der Waals surface area contributed by atoms with Gasteiger partial charge in [0, 0.05) is 42.9 Å². The van der Waals surface area contributed by atoms with Crippen LogP contribution >= 0.6 is 0 Å². The lowest BCUT2D eigenvalue weighted by atomic mass is 9.97. The fourth-order valence-electron chi connectivity index (χ4n) is 4.80. The minimum Gasteiger partial charge on any atom is -0.439 e. The number of pyridine rings is 2. The van der Waals surface area contributed by atoms with Gasteiger partial charge < -0.3 is 14.6 Å². The molecule has 36 heavy (non-hydrogen) atoms. The number of fused-ring (bicyclic) bond motifs is 1. The molecule has 188 valence electrons. The van der Waals surface area contributed by atoms with Crippen molar-refractivity contribution in [1.29, 1.82) is 0 Å². The lowest BCUT2D eigenvalue weighted by molar-refractivity contribution is 0.0981. The van der Waals surface area contributed by atoms with E-state index in [1.165, 1.54) is 12.1 Å². The van der Waals surface area contributed by atoms with Crippen molar-refractivity contribution in [1.82, 2.24) is 19.7 Å². The molecule has 1 atom stereocenters. The number of nitrogens with zero attached hydrogens (tertiary/aromatic N) is 3. The Balaban J connectivity index is 0.00000320. The Hall–Kier alpha value is -3.92. The lowest BCUT2D eigenvalue weighted by Gasteiger charge is -2.33. The number of sulfonamides is 1. The number of hydrogen-bond donors (Lipinski definition) is 2. The minimum atomic E-state index is -4.27. The van der Waals surface area contributed by atoms with Crippen molar-refractivity contribution < 1.29 is 19.4 Å². The van der Waals surface area contributed by atoms with Gasteiger partial charge in [0.2, 0.25) is 5.88 Å². The molecule has 1 saturated heterocycles. The standard InChI is InChI=1S/C26H27N5O4S.H2/c1-17-15-26(2,3)31(16-17)24-20(6-5-12-28-24)25(32)30-36(33,34)23-8-4-7-22(29-23)35-19-9-10-21-18(14-19)11-13-27-21;/h4-14,17,27H,15-16H2,1-3H3,(H,30,32);1H. The first kappa shape index (κ1) is 23.8. The maximum atomic E-state index is 13.2. The summed E-state index contributed by atoms with van der Waals surface area (Å²) in [6, 6.07) is 14.9. The fourth-order valence-corrected chi connectivity index (χ4v) is 5.72. The summed E-state index contributed by atoms with van der Waals surface area (Å²) in [7, 11) is -4.27. The summed E-state index contributed by atoms with van der Waals surface area (Å²) in [6.07, 6.45) is 4.37. The molecule has 1 aliphatic rings. The van der Waals surface area contributed by atoms with E-state index in [0.29, 0.717) is 17.5 Å². The van der Waals surface area contributed by atoms with Gasteiger partial charge in [0.1, 0.15) is 11.6 Å². The van der Waals surface area contributed by atoms with Crippen molar-refractivity contribution in [3.05, 3.63) is 72.6 Å². The number of aromatic amines is 1. The molecule has 4 heterocycles. The summed E-state index contributed by atoms with van der Waals surface area (Å²) >= 11 is 0. The molecule has 10 heteroatoms. The number of nitrogens with one attached hydrogen (secondary N) is 2. The topological polar surface area (TPSA) is 117 Å². The molecule has 9 nitrogen and oxygen atoms in total. The normalized spacial score (nSPS) is 17.3. The third kappa shape index (κ3) is 4.64. The van der Waals surface area contributed by atoms with E-state index in [2.05, 4.69) is 45.3 Å². The van der Waals surface area contributed by atoms with Crippen LogP contribution in [0.1, 0.15) is 39.0 Å². The van der Waals surface area contributed by atoms with Gasteiger partial charge in [-0.05, 0) is 68.7 Å². The Morgan fingerprint density at radius 3 is 2.81 bits per heavy atom. The Morgan fingerprint density at radius 2 is 2.03 bits per heavy atom. The first-order valence-electron chi connectivity index (χ1n) is 11.6. The van der Waals surface area contributed by atoms with Gasteiger partial charge in [-0.2, -0.15) is 13.4 Å². The van der Waals surface area contributed by atoms with Crippen molar-refractivity contribution in [2.75, 3.05) is 11.4 Å². The zero-order chi connectivity index (χ0) is 25.5. The number of anilines is 1. The molecule has 1 aromatic carbocycles.